The number of cyclic esters (lactones) is 1. The Morgan fingerprint density at radius 2 is 2.00 bits per heavy atom. The summed E-state index contributed by atoms with van der Waals surface area (Å²) in [6.45, 7) is 0.929. The molecule has 2 aliphatic heterocycles. The number of carbonyl (C=O) groups is 1. The SMILES string of the molecule is O=C1OC(CO)CN1c1ccc(OCC2SCCS2)cc1. The lowest BCUT2D eigenvalue weighted by Crippen LogP contribution is -2.25. The van der Waals surface area contributed by atoms with E-state index in [2.05, 4.69) is 0 Å². The van der Waals surface area contributed by atoms with Crippen molar-refractivity contribution in [1.82, 2.24) is 0 Å². The van der Waals surface area contributed by atoms with Crippen LogP contribution in [0.15, 0.2) is 24.3 Å². The van der Waals surface area contributed by atoms with Gasteiger partial charge in [-0.05, 0) is 24.3 Å². The molecule has 114 valence electrons. The van der Waals surface area contributed by atoms with Crippen LogP contribution in [0, 0.1) is 0 Å². The first-order valence-electron chi connectivity index (χ1n) is 6.81. The minimum absolute atomic E-state index is 0.153. The highest BCUT2D eigenvalue weighted by Gasteiger charge is 2.31. The lowest BCUT2D eigenvalue weighted by atomic mass is 10.2. The van der Waals surface area contributed by atoms with Gasteiger partial charge in [0.1, 0.15) is 18.5 Å². The van der Waals surface area contributed by atoms with Gasteiger partial charge in [-0.3, -0.25) is 4.90 Å². The summed E-state index contributed by atoms with van der Waals surface area (Å²) in [6, 6.07) is 7.40. The van der Waals surface area contributed by atoms with Crippen molar-refractivity contribution in [3.63, 3.8) is 0 Å². The van der Waals surface area contributed by atoms with Gasteiger partial charge in [-0.2, -0.15) is 0 Å². The predicted octanol–water partition coefficient (Wildman–Crippen LogP) is 2.19. The van der Waals surface area contributed by atoms with Crippen molar-refractivity contribution in [2.45, 2.75) is 10.7 Å². The normalized spacial score (nSPS) is 22.6. The van der Waals surface area contributed by atoms with Crippen molar-refractivity contribution in [3.05, 3.63) is 24.3 Å². The summed E-state index contributed by atoms with van der Waals surface area (Å²) in [5.74, 6) is 3.19. The topological polar surface area (TPSA) is 59.0 Å². The molecule has 1 aromatic rings. The van der Waals surface area contributed by atoms with E-state index in [1.807, 2.05) is 47.8 Å². The van der Waals surface area contributed by atoms with Gasteiger partial charge in [0.15, 0.2) is 0 Å². The van der Waals surface area contributed by atoms with Crippen LogP contribution < -0.4 is 9.64 Å². The number of nitrogens with zero attached hydrogens (tertiary/aromatic N) is 1. The number of ether oxygens (including phenoxy) is 2. The molecular weight excluding hydrogens is 310 g/mol. The zero-order chi connectivity index (χ0) is 14.7. The van der Waals surface area contributed by atoms with Crippen molar-refractivity contribution in [2.24, 2.45) is 0 Å². The molecule has 0 radical (unpaired) electrons. The monoisotopic (exact) mass is 327 g/mol. The molecule has 2 fully saturated rings. The minimum atomic E-state index is -0.440. The predicted molar refractivity (Wildman–Crippen MR) is 85.3 cm³/mol. The standard InChI is InChI=1S/C14H17NO4S2/c16-8-12-7-15(14(17)19-12)10-1-3-11(4-2-10)18-9-13-20-5-6-21-13/h1-4,12-13,16H,5-9H2. The van der Waals surface area contributed by atoms with E-state index in [4.69, 9.17) is 14.6 Å². The Hall–Kier alpha value is -1.05. The third-order valence-corrected chi connectivity index (χ3v) is 6.27. The Morgan fingerprint density at radius 1 is 1.29 bits per heavy atom. The molecule has 0 bridgehead atoms. The molecule has 2 heterocycles. The number of benzene rings is 1. The Balaban J connectivity index is 1.57. The van der Waals surface area contributed by atoms with Gasteiger partial charge in [-0.15, -0.1) is 23.5 Å². The van der Waals surface area contributed by atoms with E-state index in [9.17, 15) is 4.79 Å². The van der Waals surface area contributed by atoms with Crippen LogP contribution in [0.4, 0.5) is 10.5 Å². The van der Waals surface area contributed by atoms with Gasteiger partial charge in [0, 0.05) is 17.2 Å². The number of anilines is 1. The summed E-state index contributed by atoms with van der Waals surface area (Å²) >= 11 is 3.87. The number of aliphatic hydroxyl groups excluding tert-OH is 1. The fourth-order valence-corrected chi connectivity index (χ4v) is 4.80. The smallest absolute Gasteiger partial charge is 0.414 e. The van der Waals surface area contributed by atoms with E-state index >= 15 is 0 Å². The summed E-state index contributed by atoms with van der Waals surface area (Å²) in [5.41, 5.74) is 0.757. The number of amides is 1. The fraction of sp³-hybridized carbons (Fsp3) is 0.500. The van der Waals surface area contributed by atoms with Crippen LogP contribution >= 0.6 is 23.5 Å². The molecule has 1 aromatic carbocycles. The highest BCUT2D eigenvalue weighted by Crippen LogP contribution is 2.32. The van der Waals surface area contributed by atoms with Crippen molar-refractivity contribution < 1.29 is 19.4 Å². The number of hydrogen-bond acceptors (Lipinski definition) is 6. The first-order chi connectivity index (χ1) is 10.3. The number of rotatable bonds is 5. The van der Waals surface area contributed by atoms with E-state index in [-0.39, 0.29) is 6.61 Å². The van der Waals surface area contributed by atoms with Gasteiger partial charge in [-0.25, -0.2) is 4.79 Å². The number of aliphatic hydroxyl groups is 1. The van der Waals surface area contributed by atoms with Crippen LogP contribution in [0.1, 0.15) is 0 Å². The average Bonchev–Trinajstić information content (AvgIpc) is 3.15. The van der Waals surface area contributed by atoms with Crippen LogP contribution in [0.25, 0.3) is 0 Å². The van der Waals surface area contributed by atoms with Gasteiger partial charge in [0.2, 0.25) is 0 Å². The lowest BCUT2D eigenvalue weighted by Gasteiger charge is -2.14. The van der Waals surface area contributed by atoms with E-state index in [1.54, 1.807) is 0 Å². The van der Waals surface area contributed by atoms with Crippen molar-refractivity contribution in [2.75, 3.05) is 36.2 Å². The lowest BCUT2D eigenvalue weighted by molar-refractivity contribution is 0.0963. The fourth-order valence-electron chi connectivity index (χ4n) is 2.22. The highest BCUT2D eigenvalue weighted by atomic mass is 32.2. The molecule has 0 saturated carbocycles. The van der Waals surface area contributed by atoms with Gasteiger partial charge < -0.3 is 14.6 Å². The van der Waals surface area contributed by atoms with E-state index < -0.39 is 12.2 Å². The maximum absolute atomic E-state index is 11.7. The largest absolute Gasteiger partial charge is 0.492 e. The first kappa shape index (κ1) is 14.9. The second-order valence-corrected chi connectivity index (χ2v) is 7.69. The van der Waals surface area contributed by atoms with Gasteiger partial charge in [0.05, 0.1) is 17.7 Å². The maximum atomic E-state index is 11.7. The molecule has 0 spiro atoms. The van der Waals surface area contributed by atoms with Crippen LogP contribution in [0.3, 0.4) is 0 Å². The van der Waals surface area contributed by atoms with Crippen molar-refractivity contribution in [3.8, 4) is 5.75 Å². The van der Waals surface area contributed by atoms with Crippen LogP contribution in [-0.4, -0.2) is 53.1 Å². The van der Waals surface area contributed by atoms with Crippen LogP contribution in [-0.2, 0) is 4.74 Å². The second kappa shape index (κ2) is 6.81. The number of thioether (sulfide) groups is 2. The summed E-state index contributed by atoms with van der Waals surface area (Å²) in [5, 5.41) is 9.04. The van der Waals surface area contributed by atoms with E-state index in [0.717, 1.165) is 11.4 Å². The summed E-state index contributed by atoms with van der Waals surface area (Å²) in [6.07, 6.45) is -0.855. The molecule has 0 aliphatic carbocycles. The Bertz CT molecular complexity index is 490. The molecule has 1 unspecified atom stereocenters. The summed E-state index contributed by atoms with van der Waals surface area (Å²) in [7, 11) is 0. The Labute approximate surface area is 132 Å². The second-order valence-electron chi connectivity index (χ2n) is 4.77. The molecule has 2 saturated heterocycles. The van der Waals surface area contributed by atoms with Gasteiger partial charge in [0.25, 0.3) is 0 Å². The quantitative estimate of drug-likeness (QED) is 0.894. The number of carbonyl (C=O) groups excluding carboxylic acids is 1. The third-order valence-electron chi connectivity index (χ3n) is 3.30. The summed E-state index contributed by atoms with van der Waals surface area (Å²) in [4.78, 5) is 13.2. The van der Waals surface area contributed by atoms with Crippen molar-refractivity contribution >= 4 is 35.3 Å². The van der Waals surface area contributed by atoms with Crippen LogP contribution in [0.2, 0.25) is 0 Å². The zero-order valence-electron chi connectivity index (χ0n) is 11.4. The number of hydrogen-bond donors (Lipinski definition) is 1. The highest BCUT2D eigenvalue weighted by molar-refractivity contribution is 8.20. The molecule has 0 aromatic heterocycles. The maximum Gasteiger partial charge on any atom is 0.414 e. The summed E-state index contributed by atoms with van der Waals surface area (Å²) < 4.78 is 11.3. The van der Waals surface area contributed by atoms with Gasteiger partial charge >= 0.3 is 6.09 Å². The zero-order valence-corrected chi connectivity index (χ0v) is 13.1. The molecule has 1 atom stereocenters. The molecule has 3 rings (SSSR count). The van der Waals surface area contributed by atoms with E-state index in [0.29, 0.717) is 17.7 Å². The molecule has 2 aliphatic rings. The molecule has 1 amide bonds. The van der Waals surface area contributed by atoms with Crippen molar-refractivity contribution in [1.29, 1.82) is 0 Å². The molecular formula is C14H17NO4S2. The molecule has 21 heavy (non-hydrogen) atoms. The third kappa shape index (κ3) is 3.59. The van der Waals surface area contributed by atoms with Gasteiger partial charge in [-0.1, -0.05) is 0 Å². The molecule has 5 nitrogen and oxygen atoms in total. The molecule has 7 heteroatoms. The Morgan fingerprint density at radius 3 is 2.62 bits per heavy atom. The minimum Gasteiger partial charge on any atom is -0.492 e. The van der Waals surface area contributed by atoms with Crippen LogP contribution in [0.5, 0.6) is 5.75 Å². The average molecular weight is 327 g/mol. The van der Waals surface area contributed by atoms with E-state index in [1.165, 1.54) is 16.4 Å². The Kier molecular flexibility index (Phi) is 4.82. The first-order valence-corrected chi connectivity index (χ1v) is 8.91. The molecule has 1 N–H and O–H groups in total.